The van der Waals surface area contributed by atoms with Crippen molar-refractivity contribution < 1.29 is 4.52 Å². The molecule has 1 aliphatic rings. The highest BCUT2D eigenvalue weighted by Gasteiger charge is 2.36. The van der Waals surface area contributed by atoms with Crippen LogP contribution < -0.4 is 5.73 Å². The van der Waals surface area contributed by atoms with Gasteiger partial charge in [0.1, 0.15) is 0 Å². The van der Waals surface area contributed by atoms with Gasteiger partial charge in [0.15, 0.2) is 5.82 Å². The molecule has 0 saturated heterocycles. The number of nitrogens with one attached hydrogen (secondary N) is 1. The van der Waals surface area contributed by atoms with Gasteiger partial charge in [-0.25, -0.2) is 0 Å². The first-order valence-electron chi connectivity index (χ1n) is 7.23. The van der Waals surface area contributed by atoms with E-state index >= 15 is 0 Å². The van der Waals surface area contributed by atoms with Crippen molar-refractivity contribution in [2.24, 2.45) is 5.73 Å². The summed E-state index contributed by atoms with van der Waals surface area (Å²) in [6.07, 6.45) is 5.87. The molecular weight excluding hydrogens is 302 g/mol. The minimum Gasteiger partial charge on any atom is -0.334 e. The van der Waals surface area contributed by atoms with E-state index in [1.54, 1.807) is 6.20 Å². The van der Waals surface area contributed by atoms with Crippen LogP contribution in [0.1, 0.15) is 37.1 Å². The fourth-order valence-electron chi connectivity index (χ4n) is 3.14. The first-order valence-corrected chi connectivity index (χ1v) is 7.23. The molecule has 7 heteroatoms. The van der Waals surface area contributed by atoms with Gasteiger partial charge in [0, 0.05) is 5.39 Å². The topological polar surface area (TPSA) is 93.6 Å². The summed E-state index contributed by atoms with van der Waals surface area (Å²) >= 11 is 0. The van der Waals surface area contributed by atoms with E-state index in [2.05, 4.69) is 26.4 Å². The summed E-state index contributed by atoms with van der Waals surface area (Å²) in [7, 11) is 0. The number of halogens is 1. The highest BCUT2D eigenvalue weighted by molar-refractivity contribution is 5.91. The molecule has 0 aliphatic heterocycles. The van der Waals surface area contributed by atoms with E-state index in [9.17, 15) is 0 Å². The Morgan fingerprint density at radius 2 is 2.05 bits per heavy atom. The molecule has 1 saturated carbocycles. The van der Waals surface area contributed by atoms with Gasteiger partial charge >= 0.3 is 0 Å². The quantitative estimate of drug-likeness (QED) is 0.757. The van der Waals surface area contributed by atoms with Gasteiger partial charge in [-0.15, -0.1) is 12.4 Å². The lowest BCUT2D eigenvalue weighted by molar-refractivity contribution is 0.373. The number of nitrogens with zero attached hydrogens (tertiary/aromatic N) is 3. The molecule has 2 aromatic heterocycles. The monoisotopic (exact) mass is 319 g/mol. The van der Waals surface area contributed by atoms with Crippen LogP contribution in [0.3, 0.4) is 0 Å². The maximum Gasteiger partial charge on any atom is 0.260 e. The SMILES string of the molecule is Cc1cc(-c2nc(C3(N)CCCC3)no2)c2[nH]ncc2c1.Cl. The first-order chi connectivity index (χ1) is 10.2. The molecule has 22 heavy (non-hydrogen) atoms. The first kappa shape index (κ1) is 15.0. The lowest BCUT2D eigenvalue weighted by Crippen LogP contribution is -2.34. The van der Waals surface area contributed by atoms with Crippen molar-refractivity contribution in [3.63, 3.8) is 0 Å². The molecule has 6 nitrogen and oxygen atoms in total. The van der Waals surface area contributed by atoms with Gasteiger partial charge in [-0.3, -0.25) is 5.10 Å². The van der Waals surface area contributed by atoms with E-state index in [0.29, 0.717) is 11.7 Å². The Hall–Kier alpha value is -1.92. The van der Waals surface area contributed by atoms with Crippen molar-refractivity contribution in [2.45, 2.75) is 38.1 Å². The zero-order chi connectivity index (χ0) is 14.4. The van der Waals surface area contributed by atoms with Crippen molar-refractivity contribution in [1.82, 2.24) is 20.3 Å². The molecular formula is C15H18ClN5O. The molecule has 0 spiro atoms. The van der Waals surface area contributed by atoms with E-state index in [1.165, 1.54) is 0 Å². The second-order valence-electron chi connectivity index (χ2n) is 5.93. The molecule has 0 unspecified atom stereocenters. The third-order valence-corrected chi connectivity index (χ3v) is 4.29. The minimum absolute atomic E-state index is 0. The van der Waals surface area contributed by atoms with Crippen LogP contribution in [-0.4, -0.2) is 20.3 Å². The van der Waals surface area contributed by atoms with Crippen LogP contribution in [0.2, 0.25) is 0 Å². The van der Waals surface area contributed by atoms with Crippen molar-refractivity contribution in [2.75, 3.05) is 0 Å². The van der Waals surface area contributed by atoms with Gasteiger partial charge in [-0.2, -0.15) is 10.1 Å². The van der Waals surface area contributed by atoms with Crippen molar-refractivity contribution in [3.8, 4) is 11.5 Å². The average molecular weight is 320 g/mol. The van der Waals surface area contributed by atoms with E-state index in [0.717, 1.165) is 47.7 Å². The Morgan fingerprint density at radius 3 is 2.82 bits per heavy atom. The van der Waals surface area contributed by atoms with Gasteiger partial charge in [0.2, 0.25) is 0 Å². The van der Waals surface area contributed by atoms with E-state index < -0.39 is 5.54 Å². The summed E-state index contributed by atoms with van der Waals surface area (Å²) in [5.41, 5.74) is 8.87. The maximum absolute atomic E-state index is 6.39. The van der Waals surface area contributed by atoms with Crippen molar-refractivity contribution >= 4 is 23.3 Å². The molecule has 1 aromatic carbocycles. The number of aryl methyl sites for hydroxylation is 1. The van der Waals surface area contributed by atoms with Crippen molar-refractivity contribution in [3.05, 3.63) is 29.7 Å². The fourth-order valence-corrected chi connectivity index (χ4v) is 3.14. The number of benzene rings is 1. The molecule has 1 aliphatic carbocycles. The number of aromatic amines is 1. The van der Waals surface area contributed by atoms with Crippen molar-refractivity contribution in [1.29, 1.82) is 0 Å². The van der Waals surface area contributed by atoms with Crippen LogP contribution in [0.4, 0.5) is 0 Å². The predicted octanol–water partition coefficient (Wildman–Crippen LogP) is 3.07. The van der Waals surface area contributed by atoms with Crippen LogP contribution in [-0.2, 0) is 5.54 Å². The highest BCUT2D eigenvalue weighted by Crippen LogP contribution is 2.36. The Morgan fingerprint density at radius 1 is 1.27 bits per heavy atom. The average Bonchev–Trinajstić information content (AvgIpc) is 3.17. The normalized spacial score (nSPS) is 16.8. The standard InChI is InChI=1S/C15H17N5O.ClH/c1-9-6-10-8-17-19-12(10)11(7-9)13-18-14(20-21-13)15(16)4-2-3-5-15;/h6-8H,2-5,16H2,1H3,(H,17,19);1H. The molecule has 3 N–H and O–H groups in total. The zero-order valence-electron chi connectivity index (χ0n) is 12.3. The number of aromatic nitrogens is 4. The third kappa shape index (κ3) is 2.28. The molecule has 0 atom stereocenters. The number of rotatable bonds is 2. The lowest BCUT2D eigenvalue weighted by atomic mass is 9.98. The Labute approximate surface area is 133 Å². The van der Waals surface area contributed by atoms with Crippen LogP contribution in [0.5, 0.6) is 0 Å². The maximum atomic E-state index is 6.39. The van der Waals surface area contributed by atoms with Crippen LogP contribution in [0.25, 0.3) is 22.4 Å². The fraction of sp³-hybridized carbons (Fsp3) is 0.400. The van der Waals surface area contributed by atoms with Crippen LogP contribution in [0.15, 0.2) is 22.9 Å². The molecule has 1 fully saturated rings. The van der Waals surface area contributed by atoms with Gasteiger partial charge in [-0.05, 0) is 37.5 Å². The second-order valence-corrected chi connectivity index (χ2v) is 5.93. The van der Waals surface area contributed by atoms with E-state index in [-0.39, 0.29) is 12.4 Å². The molecule has 4 rings (SSSR count). The van der Waals surface area contributed by atoms with Gasteiger partial charge < -0.3 is 10.3 Å². The summed E-state index contributed by atoms with van der Waals surface area (Å²) < 4.78 is 5.47. The summed E-state index contributed by atoms with van der Waals surface area (Å²) in [6.45, 7) is 2.04. The van der Waals surface area contributed by atoms with E-state index in [4.69, 9.17) is 10.3 Å². The van der Waals surface area contributed by atoms with E-state index in [1.807, 2.05) is 13.0 Å². The zero-order valence-corrected chi connectivity index (χ0v) is 13.1. The largest absolute Gasteiger partial charge is 0.334 e. The minimum atomic E-state index is -0.432. The molecule has 3 aromatic rings. The van der Waals surface area contributed by atoms with Gasteiger partial charge in [0.25, 0.3) is 5.89 Å². The summed E-state index contributed by atoms with van der Waals surface area (Å²) in [6, 6.07) is 4.09. The number of hydrogen-bond donors (Lipinski definition) is 2. The number of H-pyrrole nitrogens is 1. The second kappa shape index (κ2) is 5.37. The molecule has 2 heterocycles. The molecule has 0 amide bonds. The molecule has 116 valence electrons. The van der Waals surface area contributed by atoms with Gasteiger partial charge in [0.05, 0.1) is 22.8 Å². The Kier molecular flexibility index (Phi) is 3.66. The summed E-state index contributed by atoms with van der Waals surface area (Å²) in [5.74, 6) is 1.11. The summed E-state index contributed by atoms with van der Waals surface area (Å²) in [4.78, 5) is 4.55. The van der Waals surface area contributed by atoms with Crippen LogP contribution in [0, 0.1) is 6.92 Å². The third-order valence-electron chi connectivity index (χ3n) is 4.29. The number of hydrogen-bond acceptors (Lipinski definition) is 5. The Balaban J connectivity index is 0.00000144. The highest BCUT2D eigenvalue weighted by atomic mass is 35.5. The summed E-state index contributed by atoms with van der Waals surface area (Å²) in [5, 5.41) is 12.2. The smallest absolute Gasteiger partial charge is 0.260 e. The van der Waals surface area contributed by atoms with Gasteiger partial charge in [-0.1, -0.05) is 18.0 Å². The Bertz CT molecular complexity index is 803. The number of fused-ring (bicyclic) bond motifs is 1. The molecule has 0 radical (unpaired) electrons. The van der Waals surface area contributed by atoms with Crippen LogP contribution >= 0.6 is 12.4 Å². The lowest BCUT2D eigenvalue weighted by Gasteiger charge is -2.17. The molecule has 0 bridgehead atoms. The number of nitrogens with two attached hydrogens (primary N) is 1. The predicted molar refractivity (Wildman–Crippen MR) is 85.7 cm³/mol.